The first-order valence-electron chi connectivity index (χ1n) is 6.55. The van der Waals surface area contributed by atoms with E-state index < -0.39 is 0 Å². The topological polar surface area (TPSA) is 77.8 Å². The Morgan fingerprint density at radius 3 is 2.50 bits per heavy atom. The van der Waals surface area contributed by atoms with Gasteiger partial charge in [0.2, 0.25) is 5.91 Å². The minimum absolute atomic E-state index is 0.0323. The van der Waals surface area contributed by atoms with Gasteiger partial charge in [-0.3, -0.25) is 4.79 Å². The molecule has 108 valence electrons. The van der Waals surface area contributed by atoms with Crippen LogP contribution in [0.15, 0.2) is 23.0 Å². The SMILES string of the molecule is CC(NC(=O)C(Br)C(C)C)c1ccc2[nH]c(=O)[nH]c2c1. The average Bonchev–Trinajstić information content (AvgIpc) is 2.76. The molecule has 5 nitrogen and oxygen atoms in total. The van der Waals surface area contributed by atoms with Gasteiger partial charge in [0, 0.05) is 0 Å². The fraction of sp³-hybridized carbons (Fsp3) is 0.429. The lowest BCUT2D eigenvalue weighted by molar-refractivity contribution is -0.121. The smallest absolute Gasteiger partial charge is 0.323 e. The average molecular weight is 340 g/mol. The lowest BCUT2D eigenvalue weighted by Crippen LogP contribution is -2.35. The standard InChI is InChI=1S/C14H18BrN3O2/c1-7(2)12(15)13(19)16-8(3)9-4-5-10-11(6-9)18-14(20)17-10/h4-8,12H,1-3H3,(H,16,19)(H2,17,18,20). The van der Waals surface area contributed by atoms with E-state index in [1.54, 1.807) is 0 Å². The van der Waals surface area contributed by atoms with Crippen molar-refractivity contribution in [2.75, 3.05) is 0 Å². The number of H-pyrrole nitrogens is 2. The van der Waals surface area contributed by atoms with Gasteiger partial charge in [-0.1, -0.05) is 35.8 Å². The number of aromatic nitrogens is 2. The number of nitrogens with one attached hydrogen (secondary N) is 3. The van der Waals surface area contributed by atoms with Gasteiger partial charge in [0.1, 0.15) is 0 Å². The van der Waals surface area contributed by atoms with Crippen LogP contribution in [-0.2, 0) is 4.79 Å². The highest BCUT2D eigenvalue weighted by Gasteiger charge is 2.20. The van der Waals surface area contributed by atoms with Crippen molar-refractivity contribution in [1.82, 2.24) is 15.3 Å². The Labute approximate surface area is 125 Å². The van der Waals surface area contributed by atoms with Gasteiger partial charge in [-0.15, -0.1) is 0 Å². The van der Waals surface area contributed by atoms with E-state index in [-0.39, 0.29) is 28.4 Å². The molecule has 6 heteroatoms. The normalized spacial score (nSPS) is 14.4. The molecule has 0 aliphatic heterocycles. The maximum Gasteiger partial charge on any atom is 0.323 e. The molecular weight excluding hydrogens is 322 g/mol. The van der Waals surface area contributed by atoms with Crippen LogP contribution in [0.3, 0.4) is 0 Å². The molecule has 1 amide bonds. The largest absolute Gasteiger partial charge is 0.349 e. The molecule has 2 rings (SSSR count). The van der Waals surface area contributed by atoms with Crippen LogP contribution >= 0.6 is 15.9 Å². The number of aromatic amines is 2. The zero-order valence-electron chi connectivity index (χ0n) is 11.7. The first-order valence-corrected chi connectivity index (χ1v) is 7.46. The van der Waals surface area contributed by atoms with Crippen LogP contribution in [0.5, 0.6) is 0 Å². The molecule has 0 bridgehead atoms. The Morgan fingerprint density at radius 2 is 1.85 bits per heavy atom. The van der Waals surface area contributed by atoms with Crippen molar-refractivity contribution in [1.29, 1.82) is 0 Å². The molecule has 3 N–H and O–H groups in total. The number of imidazole rings is 1. The fourth-order valence-corrected chi connectivity index (χ4v) is 2.13. The van der Waals surface area contributed by atoms with Crippen molar-refractivity contribution in [3.63, 3.8) is 0 Å². The predicted molar refractivity (Wildman–Crippen MR) is 83.0 cm³/mol. The third kappa shape index (κ3) is 3.12. The van der Waals surface area contributed by atoms with Crippen LogP contribution < -0.4 is 11.0 Å². The number of amides is 1. The maximum absolute atomic E-state index is 12.0. The van der Waals surface area contributed by atoms with Gasteiger partial charge < -0.3 is 15.3 Å². The first-order chi connectivity index (χ1) is 9.38. The Bertz CT molecular complexity index is 674. The minimum Gasteiger partial charge on any atom is -0.349 e. The molecule has 20 heavy (non-hydrogen) atoms. The minimum atomic E-state index is -0.228. The number of benzene rings is 1. The molecule has 0 aliphatic carbocycles. The van der Waals surface area contributed by atoms with E-state index in [0.717, 1.165) is 16.6 Å². The highest BCUT2D eigenvalue weighted by atomic mass is 79.9. The Morgan fingerprint density at radius 1 is 1.20 bits per heavy atom. The quantitative estimate of drug-likeness (QED) is 0.748. The molecular formula is C14H18BrN3O2. The Balaban J connectivity index is 2.16. The van der Waals surface area contributed by atoms with Crippen LogP contribution in [0.25, 0.3) is 11.0 Å². The van der Waals surface area contributed by atoms with Gasteiger partial charge >= 0.3 is 5.69 Å². The zero-order valence-corrected chi connectivity index (χ0v) is 13.2. The van der Waals surface area contributed by atoms with E-state index >= 15 is 0 Å². The third-order valence-electron chi connectivity index (χ3n) is 3.23. The van der Waals surface area contributed by atoms with Gasteiger partial charge in [0.05, 0.1) is 21.9 Å². The predicted octanol–water partition coefficient (Wildman–Crippen LogP) is 2.45. The van der Waals surface area contributed by atoms with Crippen molar-refractivity contribution >= 4 is 32.9 Å². The maximum atomic E-state index is 12.0. The summed E-state index contributed by atoms with van der Waals surface area (Å²) in [7, 11) is 0. The number of alkyl halides is 1. The summed E-state index contributed by atoms with van der Waals surface area (Å²) in [6.07, 6.45) is 0. The number of carbonyl (C=O) groups is 1. The molecule has 0 saturated heterocycles. The fourth-order valence-electron chi connectivity index (χ4n) is 2.00. The van der Waals surface area contributed by atoms with Crippen LogP contribution in [0, 0.1) is 5.92 Å². The van der Waals surface area contributed by atoms with Crippen molar-refractivity contribution in [3.05, 3.63) is 34.2 Å². The van der Waals surface area contributed by atoms with Crippen molar-refractivity contribution in [2.24, 2.45) is 5.92 Å². The van der Waals surface area contributed by atoms with Crippen LogP contribution in [0.1, 0.15) is 32.4 Å². The van der Waals surface area contributed by atoms with Crippen molar-refractivity contribution in [2.45, 2.75) is 31.6 Å². The second-order valence-electron chi connectivity index (χ2n) is 5.26. The summed E-state index contributed by atoms with van der Waals surface area (Å²) in [4.78, 5) is 28.4. The monoisotopic (exact) mass is 339 g/mol. The van der Waals surface area contributed by atoms with Crippen molar-refractivity contribution < 1.29 is 4.79 Å². The number of hydrogen-bond acceptors (Lipinski definition) is 2. The molecule has 0 spiro atoms. The second kappa shape index (κ2) is 5.83. The number of fused-ring (bicyclic) bond motifs is 1. The van der Waals surface area contributed by atoms with Crippen LogP contribution in [-0.4, -0.2) is 20.7 Å². The van der Waals surface area contributed by atoms with E-state index in [9.17, 15) is 9.59 Å². The molecule has 2 aromatic rings. The van der Waals surface area contributed by atoms with Gasteiger partial charge in [-0.05, 0) is 30.5 Å². The van der Waals surface area contributed by atoms with E-state index in [0.29, 0.717) is 0 Å². The number of carbonyl (C=O) groups excluding carboxylic acids is 1. The molecule has 0 aliphatic rings. The molecule has 2 unspecified atom stereocenters. The number of hydrogen-bond donors (Lipinski definition) is 3. The summed E-state index contributed by atoms with van der Waals surface area (Å²) in [6.45, 7) is 5.89. The van der Waals surface area contributed by atoms with Gasteiger partial charge in [-0.2, -0.15) is 0 Å². The molecule has 2 atom stereocenters. The molecule has 1 aromatic heterocycles. The summed E-state index contributed by atoms with van der Waals surface area (Å²) in [5.74, 6) is 0.195. The van der Waals surface area contributed by atoms with E-state index in [4.69, 9.17) is 0 Å². The van der Waals surface area contributed by atoms with E-state index in [1.165, 1.54) is 0 Å². The summed E-state index contributed by atoms with van der Waals surface area (Å²) in [6, 6.07) is 5.48. The molecule has 0 radical (unpaired) electrons. The first kappa shape index (κ1) is 14.8. The Hall–Kier alpha value is -1.56. The third-order valence-corrected chi connectivity index (χ3v) is 4.71. The van der Waals surface area contributed by atoms with Crippen LogP contribution in [0.2, 0.25) is 0 Å². The van der Waals surface area contributed by atoms with Crippen LogP contribution in [0.4, 0.5) is 0 Å². The zero-order chi connectivity index (χ0) is 14.9. The molecule has 0 saturated carbocycles. The van der Waals surface area contributed by atoms with Gasteiger partial charge in [0.15, 0.2) is 0 Å². The molecule has 1 heterocycles. The summed E-state index contributed by atoms with van der Waals surface area (Å²) in [5, 5.41) is 2.96. The lowest BCUT2D eigenvalue weighted by Gasteiger charge is -2.19. The number of halogens is 1. The van der Waals surface area contributed by atoms with E-state index in [2.05, 4.69) is 31.2 Å². The van der Waals surface area contributed by atoms with Crippen molar-refractivity contribution in [3.8, 4) is 0 Å². The summed E-state index contributed by atoms with van der Waals surface area (Å²) in [5.41, 5.74) is 2.23. The molecule has 0 fully saturated rings. The van der Waals surface area contributed by atoms with Gasteiger partial charge in [-0.25, -0.2) is 4.79 Å². The Kier molecular flexibility index (Phi) is 4.32. The number of rotatable bonds is 4. The highest BCUT2D eigenvalue weighted by Crippen LogP contribution is 2.19. The van der Waals surface area contributed by atoms with Gasteiger partial charge in [0.25, 0.3) is 0 Å². The second-order valence-corrected chi connectivity index (χ2v) is 6.25. The lowest BCUT2D eigenvalue weighted by atomic mass is 10.1. The summed E-state index contributed by atoms with van der Waals surface area (Å²) >= 11 is 3.39. The van der Waals surface area contributed by atoms with E-state index in [1.807, 2.05) is 39.0 Å². The molecule has 1 aromatic carbocycles. The summed E-state index contributed by atoms with van der Waals surface area (Å²) < 4.78 is 0. The highest BCUT2D eigenvalue weighted by molar-refractivity contribution is 9.10.